The van der Waals surface area contributed by atoms with E-state index in [1.54, 1.807) is 19.3 Å². The van der Waals surface area contributed by atoms with Gasteiger partial charge in [0.05, 0.1) is 5.69 Å². The van der Waals surface area contributed by atoms with Gasteiger partial charge in [0.15, 0.2) is 6.10 Å². The van der Waals surface area contributed by atoms with Crippen LogP contribution in [0.25, 0.3) is 0 Å². The lowest BCUT2D eigenvalue weighted by molar-refractivity contribution is -0.217. The predicted molar refractivity (Wildman–Crippen MR) is 41.2 cm³/mol. The second-order valence-corrected chi connectivity index (χ2v) is 2.70. The van der Waals surface area contributed by atoms with E-state index in [9.17, 15) is 13.2 Å². The lowest BCUT2D eigenvalue weighted by Gasteiger charge is -2.19. The molecule has 13 heavy (non-hydrogen) atoms. The average molecular weight is 193 g/mol. The number of aromatic nitrogens is 1. The van der Waals surface area contributed by atoms with E-state index in [0.717, 1.165) is 7.11 Å². The zero-order valence-electron chi connectivity index (χ0n) is 7.30. The van der Waals surface area contributed by atoms with Crippen molar-refractivity contribution in [2.75, 3.05) is 7.11 Å². The van der Waals surface area contributed by atoms with Crippen LogP contribution in [0.15, 0.2) is 18.3 Å². The summed E-state index contributed by atoms with van der Waals surface area (Å²) in [6.45, 7) is 0. The second-order valence-electron chi connectivity index (χ2n) is 2.70. The minimum atomic E-state index is -4.36. The molecule has 1 rings (SSSR count). The Kier molecular flexibility index (Phi) is 2.66. The third-order valence-corrected chi connectivity index (χ3v) is 1.79. The van der Waals surface area contributed by atoms with Crippen LogP contribution in [0, 0.1) is 0 Å². The molecule has 1 aromatic rings. The van der Waals surface area contributed by atoms with Crippen molar-refractivity contribution in [1.82, 2.24) is 4.57 Å². The molecular weight excluding hydrogens is 183 g/mol. The number of halogens is 3. The fourth-order valence-electron chi connectivity index (χ4n) is 1.17. The summed E-state index contributed by atoms with van der Waals surface area (Å²) in [4.78, 5) is 0. The molecule has 1 atom stereocenters. The SMILES string of the molecule is COC(c1cccn1C)C(F)(F)F. The first-order chi connectivity index (χ1) is 5.96. The molecule has 1 aromatic heterocycles. The van der Waals surface area contributed by atoms with Gasteiger partial charge in [0.25, 0.3) is 0 Å². The molecule has 0 amide bonds. The third kappa shape index (κ3) is 2.03. The molecule has 0 aliphatic carbocycles. The summed E-state index contributed by atoms with van der Waals surface area (Å²) in [5, 5.41) is 0. The molecule has 1 unspecified atom stereocenters. The van der Waals surface area contributed by atoms with Crippen LogP contribution in [0.2, 0.25) is 0 Å². The quantitative estimate of drug-likeness (QED) is 0.702. The molecule has 0 saturated heterocycles. The summed E-state index contributed by atoms with van der Waals surface area (Å²) in [6, 6.07) is 2.94. The molecule has 2 nitrogen and oxygen atoms in total. The van der Waals surface area contributed by atoms with E-state index in [4.69, 9.17) is 0 Å². The second kappa shape index (κ2) is 3.41. The molecule has 0 spiro atoms. The smallest absolute Gasteiger partial charge is 0.366 e. The third-order valence-electron chi connectivity index (χ3n) is 1.79. The van der Waals surface area contributed by atoms with Gasteiger partial charge in [-0.3, -0.25) is 0 Å². The molecule has 74 valence electrons. The highest BCUT2D eigenvalue weighted by atomic mass is 19.4. The van der Waals surface area contributed by atoms with Gasteiger partial charge in [-0.2, -0.15) is 13.2 Å². The van der Waals surface area contributed by atoms with E-state index in [1.165, 1.54) is 10.6 Å². The van der Waals surface area contributed by atoms with Crippen molar-refractivity contribution in [2.45, 2.75) is 12.3 Å². The van der Waals surface area contributed by atoms with E-state index in [2.05, 4.69) is 4.74 Å². The summed E-state index contributed by atoms with van der Waals surface area (Å²) >= 11 is 0. The summed E-state index contributed by atoms with van der Waals surface area (Å²) in [5.74, 6) is 0. The van der Waals surface area contributed by atoms with Crippen molar-refractivity contribution in [3.05, 3.63) is 24.0 Å². The van der Waals surface area contributed by atoms with Gasteiger partial charge >= 0.3 is 6.18 Å². The average Bonchev–Trinajstić information content (AvgIpc) is 2.35. The lowest BCUT2D eigenvalue weighted by atomic mass is 10.2. The van der Waals surface area contributed by atoms with E-state index in [-0.39, 0.29) is 5.69 Å². The van der Waals surface area contributed by atoms with E-state index >= 15 is 0 Å². The molecule has 0 aromatic carbocycles. The normalized spacial score (nSPS) is 14.5. The highest BCUT2D eigenvalue weighted by Crippen LogP contribution is 2.34. The van der Waals surface area contributed by atoms with Crippen LogP contribution in [0.1, 0.15) is 11.8 Å². The van der Waals surface area contributed by atoms with Crippen molar-refractivity contribution >= 4 is 0 Å². The van der Waals surface area contributed by atoms with Crippen LogP contribution in [0.3, 0.4) is 0 Å². The first-order valence-corrected chi connectivity index (χ1v) is 3.67. The summed E-state index contributed by atoms with van der Waals surface area (Å²) in [6.07, 6.45) is -4.65. The van der Waals surface area contributed by atoms with Crippen LogP contribution in [0.4, 0.5) is 13.2 Å². The topological polar surface area (TPSA) is 14.2 Å². The molecule has 0 aliphatic rings. The molecule has 0 saturated carbocycles. The summed E-state index contributed by atoms with van der Waals surface area (Å²) < 4.78 is 42.8. The Hall–Kier alpha value is -0.970. The van der Waals surface area contributed by atoms with Gasteiger partial charge in [-0.15, -0.1) is 0 Å². The zero-order chi connectivity index (χ0) is 10.1. The van der Waals surface area contributed by atoms with Crippen molar-refractivity contribution in [1.29, 1.82) is 0 Å². The van der Waals surface area contributed by atoms with Crippen LogP contribution < -0.4 is 0 Å². The maximum atomic E-state index is 12.3. The van der Waals surface area contributed by atoms with Gasteiger partial charge in [-0.1, -0.05) is 0 Å². The van der Waals surface area contributed by atoms with Gasteiger partial charge < -0.3 is 9.30 Å². The van der Waals surface area contributed by atoms with Crippen molar-refractivity contribution < 1.29 is 17.9 Å². The maximum absolute atomic E-state index is 12.3. The van der Waals surface area contributed by atoms with Crippen LogP contribution in [-0.2, 0) is 11.8 Å². The number of alkyl halides is 3. The van der Waals surface area contributed by atoms with E-state index in [0.29, 0.717) is 0 Å². The number of ether oxygens (including phenoxy) is 1. The molecular formula is C8H10F3NO. The molecule has 5 heteroatoms. The Balaban J connectivity index is 2.98. The van der Waals surface area contributed by atoms with Crippen molar-refractivity contribution in [2.24, 2.45) is 7.05 Å². The standard InChI is InChI=1S/C8H10F3NO/c1-12-5-3-4-6(12)7(13-2)8(9,10)11/h3-5,7H,1-2H3. The Morgan fingerprint density at radius 2 is 2.08 bits per heavy atom. The highest BCUT2D eigenvalue weighted by Gasteiger charge is 2.42. The highest BCUT2D eigenvalue weighted by molar-refractivity contribution is 5.11. The summed E-state index contributed by atoms with van der Waals surface area (Å²) in [7, 11) is 2.60. The predicted octanol–water partition coefficient (Wildman–Crippen LogP) is 2.27. The van der Waals surface area contributed by atoms with Crippen LogP contribution in [0.5, 0.6) is 0 Å². The first kappa shape index (κ1) is 10.1. The molecule has 0 fully saturated rings. The number of methoxy groups -OCH3 is 1. The Morgan fingerprint density at radius 1 is 1.46 bits per heavy atom. The number of aryl methyl sites for hydroxylation is 1. The first-order valence-electron chi connectivity index (χ1n) is 3.67. The van der Waals surface area contributed by atoms with E-state index in [1.807, 2.05) is 0 Å². The van der Waals surface area contributed by atoms with Crippen molar-refractivity contribution in [3.63, 3.8) is 0 Å². The Morgan fingerprint density at radius 3 is 2.38 bits per heavy atom. The largest absolute Gasteiger partial charge is 0.420 e. The maximum Gasteiger partial charge on any atom is 0.420 e. The van der Waals surface area contributed by atoms with Gasteiger partial charge in [-0.25, -0.2) is 0 Å². The van der Waals surface area contributed by atoms with Gasteiger partial charge in [-0.05, 0) is 12.1 Å². The number of hydrogen-bond donors (Lipinski definition) is 0. The monoisotopic (exact) mass is 193 g/mol. The van der Waals surface area contributed by atoms with E-state index < -0.39 is 12.3 Å². The lowest BCUT2D eigenvalue weighted by Crippen LogP contribution is -2.24. The number of rotatable bonds is 2. The van der Waals surface area contributed by atoms with Gasteiger partial charge in [0.2, 0.25) is 0 Å². The molecule has 0 N–H and O–H groups in total. The Bertz CT molecular complexity index is 279. The van der Waals surface area contributed by atoms with Crippen LogP contribution >= 0.6 is 0 Å². The fourth-order valence-corrected chi connectivity index (χ4v) is 1.17. The van der Waals surface area contributed by atoms with Crippen LogP contribution in [-0.4, -0.2) is 17.9 Å². The molecule has 0 radical (unpaired) electrons. The Labute approximate surface area is 73.9 Å². The molecule has 1 heterocycles. The molecule has 0 aliphatic heterocycles. The van der Waals surface area contributed by atoms with Crippen molar-refractivity contribution in [3.8, 4) is 0 Å². The molecule has 0 bridgehead atoms. The zero-order valence-corrected chi connectivity index (χ0v) is 7.30. The fraction of sp³-hybridized carbons (Fsp3) is 0.500. The van der Waals surface area contributed by atoms with Gasteiger partial charge in [0, 0.05) is 20.4 Å². The number of nitrogens with zero attached hydrogens (tertiary/aromatic N) is 1. The minimum absolute atomic E-state index is 0.106. The number of hydrogen-bond acceptors (Lipinski definition) is 1. The minimum Gasteiger partial charge on any atom is -0.366 e. The van der Waals surface area contributed by atoms with Gasteiger partial charge in [0.1, 0.15) is 0 Å². The summed E-state index contributed by atoms with van der Waals surface area (Å²) in [5.41, 5.74) is 0.106.